The Balaban J connectivity index is 1.24. The summed E-state index contributed by atoms with van der Waals surface area (Å²) in [5.41, 5.74) is 19.5. The normalized spacial score (nSPS) is 20.2. The first-order chi connectivity index (χ1) is 34.8. The van der Waals surface area contributed by atoms with Crippen LogP contribution in [0.15, 0.2) is 101 Å². The number of furan rings is 1. The maximum atomic E-state index is 15.5. The van der Waals surface area contributed by atoms with Crippen molar-refractivity contribution >= 4 is 68.4 Å². The highest BCUT2D eigenvalue weighted by Crippen LogP contribution is 2.56. The van der Waals surface area contributed by atoms with Crippen molar-refractivity contribution in [1.82, 2.24) is 0 Å². The molecular formula is C68H76BF3N2O. The lowest BCUT2D eigenvalue weighted by Crippen LogP contribution is -2.61. The molecule has 0 radical (unpaired) electrons. The zero-order valence-corrected chi connectivity index (χ0v) is 47.5. The minimum absolute atomic E-state index is 0.0283. The zero-order chi connectivity index (χ0) is 53.7. The summed E-state index contributed by atoms with van der Waals surface area (Å²) in [7, 11) is 0. The van der Waals surface area contributed by atoms with Gasteiger partial charge in [0, 0.05) is 33.7 Å². The van der Waals surface area contributed by atoms with Crippen LogP contribution in [0.4, 0.5) is 47.3 Å². The third kappa shape index (κ3) is 7.49. The molecule has 2 aliphatic heterocycles. The van der Waals surface area contributed by atoms with Crippen LogP contribution in [0.2, 0.25) is 0 Å². The Labute approximate surface area is 445 Å². The Morgan fingerprint density at radius 1 is 0.493 bits per heavy atom. The van der Waals surface area contributed by atoms with Crippen LogP contribution >= 0.6 is 0 Å². The molecule has 7 aromatic rings. The van der Waals surface area contributed by atoms with Crippen LogP contribution in [0.3, 0.4) is 0 Å². The monoisotopic (exact) mass is 1000 g/mol. The SMILES string of the molecule is Cc1cc2c3c(c1)N(c1ccc4c(c1)C(C)(C)CCC4(C)C)c1c(oc4cc5c(cc14)C(C)(C)CCC5(C)C)B3c1cc3c(cc1N2c1ccc(C(C)(C)C)cc1-c1ccccc1C(F)(F)F)C(C)(C)CCC3(C)C. The van der Waals surface area contributed by atoms with Crippen molar-refractivity contribution < 1.29 is 17.6 Å². The summed E-state index contributed by atoms with van der Waals surface area (Å²) in [6.45, 7) is 36.9. The number of benzene rings is 6. The van der Waals surface area contributed by atoms with Gasteiger partial charge >= 0.3 is 6.18 Å². The van der Waals surface area contributed by atoms with Gasteiger partial charge in [0.05, 0.1) is 22.6 Å². The molecule has 388 valence electrons. The molecule has 5 aliphatic rings. The van der Waals surface area contributed by atoms with Gasteiger partial charge in [0.15, 0.2) is 0 Å². The second kappa shape index (κ2) is 15.7. The van der Waals surface area contributed by atoms with E-state index in [0.717, 1.165) is 111 Å². The molecule has 0 unspecified atom stereocenters. The summed E-state index contributed by atoms with van der Waals surface area (Å²) in [5.74, 6) is 0. The summed E-state index contributed by atoms with van der Waals surface area (Å²) in [6.07, 6.45) is 1.89. The number of alkyl halides is 3. The van der Waals surface area contributed by atoms with E-state index >= 15 is 13.2 Å². The van der Waals surface area contributed by atoms with E-state index in [-0.39, 0.29) is 50.2 Å². The third-order valence-electron chi connectivity index (χ3n) is 19.5. The zero-order valence-electron chi connectivity index (χ0n) is 47.5. The number of hydrogen-bond acceptors (Lipinski definition) is 3. The molecule has 7 heteroatoms. The van der Waals surface area contributed by atoms with Crippen LogP contribution in [0, 0.1) is 6.92 Å². The molecule has 1 aromatic heterocycles. The third-order valence-corrected chi connectivity index (χ3v) is 19.5. The molecule has 0 spiro atoms. The minimum Gasteiger partial charge on any atom is -0.468 e. The molecule has 3 aliphatic carbocycles. The fourth-order valence-corrected chi connectivity index (χ4v) is 14.4. The predicted octanol–water partition coefficient (Wildman–Crippen LogP) is 17.9. The highest BCUT2D eigenvalue weighted by Gasteiger charge is 2.51. The molecule has 0 N–H and O–H groups in total. The van der Waals surface area contributed by atoms with E-state index < -0.39 is 11.7 Å². The van der Waals surface area contributed by atoms with Gasteiger partial charge in [-0.2, -0.15) is 13.2 Å². The number of anilines is 6. The molecule has 0 atom stereocenters. The molecule has 0 amide bonds. The summed E-state index contributed by atoms with van der Waals surface area (Å²) in [6, 6.07) is 34.1. The van der Waals surface area contributed by atoms with E-state index in [4.69, 9.17) is 4.42 Å². The van der Waals surface area contributed by atoms with Crippen LogP contribution in [0.5, 0.6) is 0 Å². The number of rotatable bonds is 3. The van der Waals surface area contributed by atoms with Gasteiger partial charge in [-0.25, -0.2) is 0 Å². The highest BCUT2D eigenvalue weighted by atomic mass is 19.4. The van der Waals surface area contributed by atoms with Crippen LogP contribution in [0.1, 0.15) is 192 Å². The van der Waals surface area contributed by atoms with Gasteiger partial charge < -0.3 is 14.2 Å². The van der Waals surface area contributed by atoms with Crippen LogP contribution in [-0.4, -0.2) is 6.71 Å². The number of aryl methyl sites for hydroxylation is 1. The van der Waals surface area contributed by atoms with Gasteiger partial charge in [0.1, 0.15) is 5.58 Å². The van der Waals surface area contributed by atoms with E-state index in [2.05, 4.69) is 187 Å². The topological polar surface area (TPSA) is 19.6 Å². The van der Waals surface area contributed by atoms with Gasteiger partial charge in [0.2, 0.25) is 0 Å². The van der Waals surface area contributed by atoms with Crippen molar-refractivity contribution in [3.05, 3.63) is 147 Å². The number of hydrogen-bond donors (Lipinski definition) is 0. The average molecular weight is 1010 g/mol. The quantitative estimate of drug-likeness (QED) is 0.164. The van der Waals surface area contributed by atoms with Crippen molar-refractivity contribution in [3.8, 4) is 11.1 Å². The highest BCUT2D eigenvalue weighted by molar-refractivity contribution is 7.00. The van der Waals surface area contributed by atoms with Gasteiger partial charge in [-0.05, 0) is 205 Å². The Kier molecular flexibility index (Phi) is 10.5. The first-order valence-corrected chi connectivity index (χ1v) is 27.8. The van der Waals surface area contributed by atoms with Crippen molar-refractivity contribution in [2.75, 3.05) is 9.80 Å². The molecule has 0 fully saturated rings. The maximum Gasteiger partial charge on any atom is 0.417 e. The van der Waals surface area contributed by atoms with Crippen molar-refractivity contribution in [1.29, 1.82) is 0 Å². The second-order valence-corrected chi connectivity index (χ2v) is 28.5. The Hall–Kier alpha value is -5.69. The maximum absolute atomic E-state index is 15.5. The van der Waals surface area contributed by atoms with Crippen LogP contribution < -0.4 is 26.4 Å². The summed E-state index contributed by atoms with van der Waals surface area (Å²) < 4.78 is 54.1. The van der Waals surface area contributed by atoms with Crippen LogP contribution in [-0.2, 0) is 44.1 Å². The number of halogens is 3. The lowest BCUT2D eigenvalue weighted by atomic mass is 9.35. The van der Waals surface area contributed by atoms with Crippen molar-refractivity contribution in [2.24, 2.45) is 0 Å². The lowest BCUT2D eigenvalue weighted by Gasteiger charge is -2.47. The van der Waals surface area contributed by atoms with E-state index in [1.54, 1.807) is 12.1 Å². The lowest BCUT2D eigenvalue weighted by molar-refractivity contribution is -0.137. The second-order valence-electron chi connectivity index (χ2n) is 28.5. The van der Waals surface area contributed by atoms with Gasteiger partial charge in [-0.15, -0.1) is 0 Å². The number of nitrogens with zero attached hydrogens (tertiary/aromatic N) is 2. The van der Waals surface area contributed by atoms with E-state index in [1.807, 2.05) is 6.07 Å². The standard InChI is InChI=1S/C68H76BF3N2O/c1-39-31-55-58-56(32-39)74(53-24-21-40(61(2,3)4)33-43(53)42-19-17-18-20-45(42)68(70,71)72)54-37-50-49(65(11,12)28-29-66(50,13)14)36-52(54)69(58)60-59(44-35-48-51(38-57(44)75-60)67(15,16)30-27-64(48,9)10)73(55)41-22-23-46-47(34-41)63(7,8)26-25-62(46,5)6/h17-24,31-38H,25-30H2,1-16H3. The van der Waals surface area contributed by atoms with E-state index in [0.29, 0.717) is 5.56 Å². The summed E-state index contributed by atoms with van der Waals surface area (Å²) >= 11 is 0. The van der Waals surface area contributed by atoms with Crippen LogP contribution in [0.25, 0.3) is 22.1 Å². The fourth-order valence-electron chi connectivity index (χ4n) is 14.4. The van der Waals surface area contributed by atoms with Gasteiger partial charge in [-0.3, -0.25) is 0 Å². The molecule has 6 aromatic carbocycles. The smallest absolute Gasteiger partial charge is 0.417 e. The fraction of sp³-hybridized carbons (Fsp3) is 0.441. The van der Waals surface area contributed by atoms with Crippen molar-refractivity contribution in [2.45, 2.75) is 193 Å². The minimum atomic E-state index is -4.58. The summed E-state index contributed by atoms with van der Waals surface area (Å²) in [5, 5.41) is 1.12. The predicted molar refractivity (Wildman–Crippen MR) is 310 cm³/mol. The Bertz CT molecular complexity index is 3570. The molecule has 3 heterocycles. The Morgan fingerprint density at radius 2 is 1.01 bits per heavy atom. The molecular weight excluding hydrogens is 929 g/mol. The Morgan fingerprint density at radius 3 is 1.60 bits per heavy atom. The molecule has 12 rings (SSSR count). The molecule has 0 saturated heterocycles. The first kappa shape index (κ1) is 50.1. The van der Waals surface area contributed by atoms with Crippen molar-refractivity contribution in [3.63, 3.8) is 0 Å². The van der Waals surface area contributed by atoms with E-state index in [1.165, 1.54) is 45.5 Å². The molecule has 0 saturated carbocycles. The first-order valence-electron chi connectivity index (χ1n) is 27.8. The molecule has 3 nitrogen and oxygen atoms in total. The van der Waals surface area contributed by atoms with Gasteiger partial charge in [0.25, 0.3) is 6.71 Å². The molecule has 0 bridgehead atoms. The average Bonchev–Trinajstić information content (AvgIpc) is 3.74. The molecule has 75 heavy (non-hydrogen) atoms. The summed E-state index contributed by atoms with van der Waals surface area (Å²) in [4.78, 5) is 4.87. The largest absolute Gasteiger partial charge is 0.468 e. The van der Waals surface area contributed by atoms with Gasteiger partial charge in [-0.1, -0.05) is 140 Å². The van der Waals surface area contributed by atoms with E-state index in [9.17, 15) is 0 Å². The number of fused-ring (bicyclic) bond motifs is 9.